The van der Waals surface area contributed by atoms with Crippen LogP contribution in [0, 0.1) is 11.8 Å². The molecule has 2 nitrogen and oxygen atoms in total. The molecule has 2 heteroatoms. The van der Waals surface area contributed by atoms with E-state index in [-0.39, 0.29) is 0 Å². The zero-order valence-electron chi connectivity index (χ0n) is 10.00. The van der Waals surface area contributed by atoms with Gasteiger partial charge in [0.2, 0.25) is 0 Å². The van der Waals surface area contributed by atoms with E-state index in [1.54, 1.807) is 0 Å². The van der Waals surface area contributed by atoms with E-state index in [4.69, 9.17) is 5.73 Å². The largest absolute Gasteiger partial charge is 0.329 e. The average molecular weight is 198 g/mol. The molecule has 0 aromatic heterocycles. The maximum Gasteiger partial charge on any atom is 0.0240 e. The molecule has 0 aliphatic heterocycles. The first kappa shape index (κ1) is 12.0. The fourth-order valence-electron chi connectivity index (χ4n) is 2.34. The van der Waals surface area contributed by atoms with Gasteiger partial charge in [-0.3, -0.25) is 0 Å². The van der Waals surface area contributed by atoms with Crippen molar-refractivity contribution in [1.82, 2.24) is 4.90 Å². The van der Waals surface area contributed by atoms with Gasteiger partial charge in [-0.1, -0.05) is 26.7 Å². The minimum atomic E-state index is 0.584. The first-order valence-electron chi connectivity index (χ1n) is 6.09. The summed E-state index contributed by atoms with van der Waals surface area (Å²) in [7, 11) is 2.24. The predicted molar refractivity (Wildman–Crippen MR) is 62.3 cm³/mol. The Bertz CT molecular complexity index is 154. The Hall–Kier alpha value is -0.0800. The third-order valence-corrected chi connectivity index (χ3v) is 3.88. The summed E-state index contributed by atoms with van der Waals surface area (Å²) >= 11 is 0. The van der Waals surface area contributed by atoms with Crippen LogP contribution in [0.25, 0.3) is 0 Å². The quantitative estimate of drug-likeness (QED) is 0.708. The maximum atomic E-state index is 5.84. The van der Waals surface area contributed by atoms with Crippen molar-refractivity contribution >= 4 is 0 Å². The molecule has 0 bridgehead atoms. The predicted octanol–water partition coefficient (Wildman–Crippen LogP) is 2.09. The highest BCUT2D eigenvalue weighted by atomic mass is 15.1. The minimum absolute atomic E-state index is 0.584. The normalized spacial score (nSPS) is 22.1. The lowest BCUT2D eigenvalue weighted by atomic mass is 9.84. The molecule has 0 radical (unpaired) electrons. The van der Waals surface area contributed by atoms with Crippen LogP contribution in [0.3, 0.4) is 0 Å². The van der Waals surface area contributed by atoms with E-state index in [1.165, 1.54) is 32.2 Å². The Morgan fingerprint density at radius 2 is 2.07 bits per heavy atom. The molecule has 0 spiro atoms. The molecule has 2 atom stereocenters. The second-order valence-corrected chi connectivity index (χ2v) is 4.93. The summed E-state index contributed by atoms with van der Waals surface area (Å²) in [5.74, 6) is 1.68. The van der Waals surface area contributed by atoms with Gasteiger partial charge in [0, 0.05) is 19.1 Å². The molecule has 84 valence electrons. The number of likely N-dealkylation sites (N-methyl/N-ethyl adjacent to an activating group) is 1. The molecular weight excluding hydrogens is 172 g/mol. The van der Waals surface area contributed by atoms with Crippen molar-refractivity contribution in [2.24, 2.45) is 17.6 Å². The SMILES string of the molecule is CCC(C)C(CN)N(C)CC1CCC1. The van der Waals surface area contributed by atoms with Crippen LogP contribution in [0.15, 0.2) is 0 Å². The second-order valence-electron chi connectivity index (χ2n) is 4.93. The fourth-order valence-corrected chi connectivity index (χ4v) is 2.34. The summed E-state index contributed by atoms with van der Waals surface area (Å²) in [5, 5.41) is 0. The summed E-state index contributed by atoms with van der Waals surface area (Å²) < 4.78 is 0. The molecule has 1 aliphatic carbocycles. The van der Waals surface area contributed by atoms with Gasteiger partial charge in [0.25, 0.3) is 0 Å². The molecule has 0 aromatic rings. The van der Waals surface area contributed by atoms with Gasteiger partial charge in [-0.05, 0) is 31.7 Å². The lowest BCUT2D eigenvalue weighted by Crippen LogP contribution is -2.45. The Kier molecular flexibility index (Phi) is 4.90. The van der Waals surface area contributed by atoms with Crippen LogP contribution in [-0.4, -0.2) is 31.1 Å². The third-order valence-electron chi connectivity index (χ3n) is 3.88. The van der Waals surface area contributed by atoms with E-state index in [0.717, 1.165) is 18.4 Å². The van der Waals surface area contributed by atoms with Crippen molar-refractivity contribution in [3.8, 4) is 0 Å². The molecule has 1 saturated carbocycles. The zero-order valence-corrected chi connectivity index (χ0v) is 10.00. The molecular formula is C12H26N2. The van der Waals surface area contributed by atoms with Crippen LogP contribution >= 0.6 is 0 Å². The van der Waals surface area contributed by atoms with E-state index in [9.17, 15) is 0 Å². The van der Waals surface area contributed by atoms with Crippen LogP contribution in [0.5, 0.6) is 0 Å². The molecule has 0 amide bonds. The van der Waals surface area contributed by atoms with Crippen LogP contribution in [0.1, 0.15) is 39.5 Å². The molecule has 1 aliphatic rings. The third kappa shape index (κ3) is 2.96. The highest BCUT2D eigenvalue weighted by molar-refractivity contribution is 4.79. The first-order valence-corrected chi connectivity index (χ1v) is 6.09. The average Bonchev–Trinajstić information content (AvgIpc) is 2.12. The topological polar surface area (TPSA) is 29.3 Å². The minimum Gasteiger partial charge on any atom is -0.329 e. The standard InChI is InChI=1S/C12H26N2/c1-4-10(2)12(8-13)14(3)9-11-6-5-7-11/h10-12H,4-9,13H2,1-3H3. The molecule has 2 N–H and O–H groups in total. The molecule has 14 heavy (non-hydrogen) atoms. The van der Waals surface area contributed by atoms with Gasteiger partial charge in [0.05, 0.1) is 0 Å². The zero-order chi connectivity index (χ0) is 10.6. The highest BCUT2D eigenvalue weighted by Crippen LogP contribution is 2.28. The van der Waals surface area contributed by atoms with Crippen LogP contribution in [0.4, 0.5) is 0 Å². The first-order chi connectivity index (χ1) is 6.69. The van der Waals surface area contributed by atoms with E-state index in [1.807, 2.05) is 0 Å². The van der Waals surface area contributed by atoms with E-state index >= 15 is 0 Å². The highest BCUT2D eigenvalue weighted by Gasteiger charge is 2.24. The van der Waals surface area contributed by atoms with Gasteiger partial charge < -0.3 is 10.6 Å². The van der Waals surface area contributed by atoms with Gasteiger partial charge in [0.1, 0.15) is 0 Å². The summed E-state index contributed by atoms with van der Waals surface area (Å²) in [6.07, 6.45) is 5.54. The Balaban J connectivity index is 2.33. The maximum absolute atomic E-state index is 5.84. The van der Waals surface area contributed by atoms with Gasteiger partial charge >= 0.3 is 0 Å². The second kappa shape index (κ2) is 5.72. The lowest BCUT2D eigenvalue weighted by Gasteiger charge is -2.36. The van der Waals surface area contributed by atoms with Crippen molar-refractivity contribution in [2.45, 2.75) is 45.6 Å². The fraction of sp³-hybridized carbons (Fsp3) is 1.00. The molecule has 1 rings (SSSR count). The van der Waals surface area contributed by atoms with Crippen LogP contribution < -0.4 is 5.73 Å². The number of rotatable bonds is 6. The van der Waals surface area contributed by atoms with Crippen molar-refractivity contribution in [3.63, 3.8) is 0 Å². The van der Waals surface area contributed by atoms with Gasteiger partial charge in [0.15, 0.2) is 0 Å². The summed E-state index contributed by atoms with van der Waals surface area (Å²) in [4.78, 5) is 2.48. The molecule has 0 aromatic carbocycles. The Morgan fingerprint density at radius 1 is 1.43 bits per heavy atom. The Morgan fingerprint density at radius 3 is 2.43 bits per heavy atom. The molecule has 0 saturated heterocycles. The smallest absolute Gasteiger partial charge is 0.0240 e. The van der Waals surface area contributed by atoms with E-state index in [2.05, 4.69) is 25.8 Å². The van der Waals surface area contributed by atoms with E-state index in [0.29, 0.717) is 6.04 Å². The summed E-state index contributed by atoms with van der Waals surface area (Å²) in [5.41, 5.74) is 5.84. The van der Waals surface area contributed by atoms with E-state index < -0.39 is 0 Å². The van der Waals surface area contributed by atoms with Crippen molar-refractivity contribution in [1.29, 1.82) is 0 Å². The van der Waals surface area contributed by atoms with Crippen LogP contribution in [0.2, 0.25) is 0 Å². The summed E-state index contributed by atoms with van der Waals surface area (Å²) in [6, 6.07) is 0.584. The van der Waals surface area contributed by atoms with Crippen molar-refractivity contribution < 1.29 is 0 Å². The molecule has 0 heterocycles. The Labute approximate surface area is 88.8 Å². The number of nitrogens with two attached hydrogens (primary N) is 1. The van der Waals surface area contributed by atoms with Gasteiger partial charge in [-0.2, -0.15) is 0 Å². The van der Waals surface area contributed by atoms with Crippen molar-refractivity contribution in [3.05, 3.63) is 0 Å². The monoisotopic (exact) mass is 198 g/mol. The number of hydrogen-bond acceptors (Lipinski definition) is 2. The molecule has 2 unspecified atom stereocenters. The van der Waals surface area contributed by atoms with Crippen LogP contribution in [-0.2, 0) is 0 Å². The molecule has 1 fully saturated rings. The number of nitrogens with zero attached hydrogens (tertiary/aromatic N) is 1. The van der Waals surface area contributed by atoms with Gasteiger partial charge in [-0.15, -0.1) is 0 Å². The van der Waals surface area contributed by atoms with Crippen molar-refractivity contribution in [2.75, 3.05) is 20.1 Å². The number of hydrogen-bond donors (Lipinski definition) is 1. The lowest BCUT2D eigenvalue weighted by molar-refractivity contribution is 0.131. The summed E-state index contributed by atoms with van der Waals surface area (Å²) in [6.45, 7) is 6.63. The van der Waals surface area contributed by atoms with Gasteiger partial charge in [-0.25, -0.2) is 0 Å².